The van der Waals surface area contributed by atoms with E-state index in [-0.39, 0.29) is 6.54 Å². The molecule has 0 radical (unpaired) electrons. The van der Waals surface area contributed by atoms with Crippen LogP contribution in [0.3, 0.4) is 0 Å². The van der Waals surface area contributed by atoms with Crippen molar-refractivity contribution in [2.24, 2.45) is 0 Å². The second-order valence-electron chi connectivity index (χ2n) is 3.31. The Labute approximate surface area is 102 Å². The molecule has 1 amide bonds. The predicted molar refractivity (Wildman–Crippen MR) is 64.3 cm³/mol. The summed E-state index contributed by atoms with van der Waals surface area (Å²) in [5, 5.41) is 0. The van der Waals surface area contributed by atoms with E-state index in [1.165, 1.54) is 4.90 Å². The Morgan fingerprint density at radius 3 is 2.81 bits per heavy atom. The number of carbonyl (C=O) groups excluding carboxylic acids is 2. The Morgan fingerprint density at radius 1 is 1.38 bits per heavy atom. The van der Waals surface area contributed by atoms with Crippen molar-refractivity contribution < 1.29 is 9.59 Å². The van der Waals surface area contributed by atoms with Crippen LogP contribution >= 0.6 is 15.9 Å². The molecular formula is C12H8BrNO2. The molecule has 4 heteroatoms. The summed E-state index contributed by atoms with van der Waals surface area (Å²) in [6, 6.07) is 5.21. The second kappa shape index (κ2) is 4.11. The molecule has 1 aromatic carbocycles. The molecule has 0 unspecified atom stereocenters. The average molecular weight is 278 g/mol. The van der Waals surface area contributed by atoms with Crippen LogP contribution in [0, 0.1) is 11.8 Å². The first-order valence-electron chi connectivity index (χ1n) is 4.70. The molecule has 0 aliphatic carbocycles. The van der Waals surface area contributed by atoms with Crippen molar-refractivity contribution in [1.82, 2.24) is 0 Å². The van der Waals surface area contributed by atoms with Gasteiger partial charge >= 0.3 is 0 Å². The Hall–Kier alpha value is -1.60. The summed E-state index contributed by atoms with van der Waals surface area (Å²) in [4.78, 5) is 24.7. The van der Waals surface area contributed by atoms with Gasteiger partial charge in [-0.3, -0.25) is 14.5 Å². The third-order valence-corrected chi connectivity index (χ3v) is 2.84. The molecule has 0 fully saturated rings. The van der Waals surface area contributed by atoms with Gasteiger partial charge < -0.3 is 0 Å². The number of amides is 1. The minimum absolute atomic E-state index is 0.260. The number of fused-ring (bicyclic) bond motifs is 1. The fraction of sp³-hybridized carbons (Fsp3) is 0.167. The second-order valence-corrected chi connectivity index (χ2v) is 4.22. The van der Waals surface area contributed by atoms with Gasteiger partial charge in [0.2, 0.25) is 0 Å². The lowest BCUT2D eigenvalue weighted by atomic mass is 10.1. The largest absolute Gasteiger partial charge is 0.300 e. The first-order valence-corrected chi connectivity index (χ1v) is 5.50. The predicted octanol–water partition coefficient (Wildman–Crippen LogP) is 2.00. The van der Waals surface area contributed by atoms with Crippen LogP contribution in [0.5, 0.6) is 0 Å². The maximum atomic E-state index is 11.7. The van der Waals surface area contributed by atoms with Crippen molar-refractivity contribution in [3.8, 4) is 11.8 Å². The van der Waals surface area contributed by atoms with Crippen molar-refractivity contribution in [2.75, 3.05) is 11.4 Å². The van der Waals surface area contributed by atoms with E-state index in [1.807, 2.05) is 0 Å². The molecule has 16 heavy (non-hydrogen) atoms. The van der Waals surface area contributed by atoms with Gasteiger partial charge in [0, 0.05) is 4.47 Å². The van der Waals surface area contributed by atoms with Crippen LogP contribution in [0.25, 0.3) is 0 Å². The molecule has 80 valence electrons. The molecule has 0 bridgehead atoms. The fourth-order valence-electron chi connectivity index (χ4n) is 1.59. The third-order valence-electron chi connectivity index (χ3n) is 2.35. The van der Waals surface area contributed by atoms with Crippen molar-refractivity contribution in [3.63, 3.8) is 0 Å². The first kappa shape index (κ1) is 10.9. The molecule has 2 rings (SSSR count). The maximum Gasteiger partial charge on any atom is 0.300 e. The van der Waals surface area contributed by atoms with Crippen LogP contribution in [-0.2, 0) is 4.79 Å². The number of rotatable bonds is 1. The van der Waals surface area contributed by atoms with Gasteiger partial charge in [-0.25, -0.2) is 0 Å². The zero-order valence-corrected chi connectivity index (χ0v) is 10.2. The molecule has 3 nitrogen and oxygen atoms in total. The van der Waals surface area contributed by atoms with Crippen molar-refractivity contribution in [3.05, 3.63) is 28.2 Å². The Kier molecular flexibility index (Phi) is 2.80. The Morgan fingerprint density at radius 2 is 2.12 bits per heavy atom. The normalized spacial score (nSPS) is 13.5. The van der Waals surface area contributed by atoms with Gasteiger partial charge in [0.05, 0.1) is 17.8 Å². The number of nitrogens with zero attached hydrogens (tertiary/aromatic N) is 1. The van der Waals surface area contributed by atoms with Crippen LogP contribution in [-0.4, -0.2) is 18.2 Å². The Bertz CT molecular complexity index is 540. The van der Waals surface area contributed by atoms with Crippen LogP contribution < -0.4 is 4.90 Å². The number of halogens is 1. The molecule has 0 saturated carbocycles. The lowest BCUT2D eigenvalue weighted by molar-refractivity contribution is -0.114. The van der Waals surface area contributed by atoms with Gasteiger partial charge in [-0.15, -0.1) is 5.92 Å². The van der Waals surface area contributed by atoms with E-state index in [0.29, 0.717) is 11.3 Å². The highest BCUT2D eigenvalue weighted by molar-refractivity contribution is 9.10. The molecule has 1 aliphatic rings. The lowest BCUT2D eigenvalue weighted by Crippen LogP contribution is -2.29. The van der Waals surface area contributed by atoms with Crippen molar-refractivity contribution in [1.29, 1.82) is 0 Å². The minimum atomic E-state index is -0.504. The van der Waals surface area contributed by atoms with Gasteiger partial charge in [0.25, 0.3) is 11.7 Å². The zero-order valence-electron chi connectivity index (χ0n) is 8.58. The van der Waals surface area contributed by atoms with Gasteiger partial charge in [-0.2, -0.15) is 0 Å². The summed E-state index contributed by atoms with van der Waals surface area (Å²) in [6.07, 6.45) is 0. The summed E-state index contributed by atoms with van der Waals surface area (Å²) in [5.74, 6) is 4.53. The summed E-state index contributed by atoms with van der Waals surface area (Å²) >= 11 is 3.27. The van der Waals surface area contributed by atoms with Crippen LogP contribution in [0.15, 0.2) is 22.7 Å². The van der Waals surface area contributed by atoms with E-state index in [1.54, 1.807) is 25.1 Å². The maximum absolute atomic E-state index is 11.7. The van der Waals surface area contributed by atoms with E-state index in [2.05, 4.69) is 27.8 Å². The van der Waals surface area contributed by atoms with Gasteiger partial charge in [0.15, 0.2) is 0 Å². The molecule has 0 N–H and O–H groups in total. The van der Waals surface area contributed by atoms with Crippen molar-refractivity contribution in [2.45, 2.75) is 6.92 Å². The Balaban J connectivity index is 2.48. The number of anilines is 1. The average Bonchev–Trinajstić information content (AvgIpc) is 2.50. The molecule has 1 aliphatic heterocycles. The molecule has 0 aromatic heterocycles. The smallest absolute Gasteiger partial charge is 0.293 e. The standard InChI is InChI=1S/C12H8BrNO2/c1-2-3-6-14-10-5-4-8(13)7-9(10)11(15)12(14)16/h4-5,7H,6H2,1H3. The summed E-state index contributed by atoms with van der Waals surface area (Å²) in [7, 11) is 0. The van der Waals surface area contributed by atoms with E-state index in [4.69, 9.17) is 0 Å². The number of benzene rings is 1. The number of Topliss-reactive ketones (excluding diaryl/α,β-unsaturated/α-hetero) is 1. The highest BCUT2D eigenvalue weighted by Crippen LogP contribution is 2.30. The van der Waals surface area contributed by atoms with Gasteiger partial charge in [-0.1, -0.05) is 21.9 Å². The molecule has 1 heterocycles. The first-order chi connectivity index (χ1) is 7.65. The topological polar surface area (TPSA) is 37.4 Å². The summed E-state index contributed by atoms with van der Waals surface area (Å²) < 4.78 is 0.788. The number of carbonyl (C=O) groups is 2. The monoisotopic (exact) mass is 277 g/mol. The van der Waals surface area contributed by atoms with Gasteiger partial charge in [0.1, 0.15) is 0 Å². The van der Waals surface area contributed by atoms with Crippen molar-refractivity contribution >= 4 is 33.3 Å². The highest BCUT2D eigenvalue weighted by atomic mass is 79.9. The summed E-state index contributed by atoms with van der Waals surface area (Å²) in [5.41, 5.74) is 1.08. The third kappa shape index (κ3) is 1.63. The lowest BCUT2D eigenvalue weighted by Gasteiger charge is -2.12. The van der Waals surface area contributed by atoms with Crippen LogP contribution in [0.1, 0.15) is 17.3 Å². The molecule has 0 saturated heterocycles. The number of hydrogen-bond acceptors (Lipinski definition) is 2. The van der Waals surface area contributed by atoms with E-state index < -0.39 is 11.7 Å². The fourth-order valence-corrected chi connectivity index (χ4v) is 1.95. The van der Waals surface area contributed by atoms with E-state index in [9.17, 15) is 9.59 Å². The SMILES string of the molecule is CC#CCN1C(=O)C(=O)c2cc(Br)ccc21. The van der Waals surface area contributed by atoms with E-state index in [0.717, 1.165) is 4.47 Å². The number of hydrogen-bond donors (Lipinski definition) is 0. The van der Waals surface area contributed by atoms with E-state index >= 15 is 0 Å². The molecule has 0 spiro atoms. The minimum Gasteiger partial charge on any atom is -0.293 e. The zero-order chi connectivity index (χ0) is 11.7. The molecule has 0 atom stereocenters. The van der Waals surface area contributed by atoms with Crippen LogP contribution in [0.2, 0.25) is 0 Å². The van der Waals surface area contributed by atoms with Gasteiger partial charge in [-0.05, 0) is 25.1 Å². The van der Waals surface area contributed by atoms with Crippen LogP contribution in [0.4, 0.5) is 5.69 Å². The highest BCUT2D eigenvalue weighted by Gasteiger charge is 2.35. The quantitative estimate of drug-likeness (QED) is 0.582. The molecular weight excluding hydrogens is 270 g/mol. The molecule has 1 aromatic rings. The number of ketones is 1. The summed E-state index contributed by atoms with van der Waals surface area (Å²) in [6.45, 7) is 1.96.